The van der Waals surface area contributed by atoms with Crippen molar-refractivity contribution in [2.45, 2.75) is 19.4 Å². The van der Waals surface area contributed by atoms with Crippen molar-refractivity contribution in [3.63, 3.8) is 0 Å². The van der Waals surface area contributed by atoms with Gasteiger partial charge in [0.05, 0.1) is 18.3 Å². The number of benzene rings is 1. The molecular formula is C15H18F2N4O. The average molecular weight is 308 g/mol. The van der Waals surface area contributed by atoms with Crippen molar-refractivity contribution in [2.75, 3.05) is 25.6 Å². The molecule has 1 fully saturated rings. The zero-order chi connectivity index (χ0) is 16.3. The number of likely N-dealkylation sites (tertiary alicyclic amines) is 1. The van der Waals surface area contributed by atoms with Crippen LogP contribution in [0, 0.1) is 28.9 Å². The number of hydrazine groups is 1. The Morgan fingerprint density at radius 1 is 1.55 bits per heavy atom. The topological polar surface area (TPSA) is 59.4 Å². The second-order valence-corrected chi connectivity index (χ2v) is 5.62. The number of carbonyl (C=O) groups is 1. The molecule has 1 aliphatic rings. The Morgan fingerprint density at radius 3 is 2.91 bits per heavy atom. The molecule has 2 rings (SSSR count). The quantitative estimate of drug-likeness (QED) is 0.864. The number of nitrogens with one attached hydrogen (secondary N) is 1. The van der Waals surface area contributed by atoms with Crippen LogP contribution in [0.25, 0.3) is 0 Å². The molecule has 1 N–H and O–H groups in total. The van der Waals surface area contributed by atoms with Gasteiger partial charge in [0.25, 0.3) is 0 Å². The first-order valence-corrected chi connectivity index (χ1v) is 7.02. The lowest BCUT2D eigenvalue weighted by molar-refractivity contribution is -0.131. The van der Waals surface area contributed by atoms with Gasteiger partial charge in [-0.1, -0.05) is 6.92 Å². The van der Waals surface area contributed by atoms with Crippen LogP contribution in [-0.4, -0.2) is 42.0 Å². The van der Waals surface area contributed by atoms with Gasteiger partial charge in [0.15, 0.2) is 5.82 Å². The van der Waals surface area contributed by atoms with Gasteiger partial charge >= 0.3 is 0 Å². The van der Waals surface area contributed by atoms with Crippen molar-refractivity contribution < 1.29 is 13.6 Å². The number of rotatable bonds is 4. The highest BCUT2D eigenvalue weighted by molar-refractivity contribution is 5.79. The van der Waals surface area contributed by atoms with Crippen LogP contribution in [0.15, 0.2) is 18.2 Å². The van der Waals surface area contributed by atoms with Gasteiger partial charge in [0.1, 0.15) is 11.9 Å². The summed E-state index contributed by atoms with van der Waals surface area (Å²) in [6.07, 6.45) is 0.673. The van der Waals surface area contributed by atoms with Crippen LogP contribution in [0.4, 0.5) is 14.5 Å². The van der Waals surface area contributed by atoms with E-state index < -0.39 is 17.7 Å². The summed E-state index contributed by atoms with van der Waals surface area (Å²) in [5, 5.41) is 10.5. The molecule has 7 heteroatoms. The molecule has 0 bridgehead atoms. The number of hydrogen-bond donors (Lipinski definition) is 1. The van der Waals surface area contributed by atoms with E-state index in [2.05, 4.69) is 11.5 Å². The van der Waals surface area contributed by atoms with Crippen LogP contribution in [0.5, 0.6) is 0 Å². The Balaban J connectivity index is 1.95. The third-order valence-electron chi connectivity index (χ3n) is 3.59. The molecule has 118 valence electrons. The van der Waals surface area contributed by atoms with Gasteiger partial charge in [0.2, 0.25) is 5.91 Å². The van der Waals surface area contributed by atoms with E-state index in [1.807, 2.05) is 6.92 Å². The summed E-state index contributed by atoms with van der Waals surface area (Å²) in [5.74, 6) is -1.30. The maximum absolute atomic E-state index is 13.5. The molecule has 0 radical (unpaired) electrons. The number of nitrogens with zero attached hydrogens (tertiary/aromatic N) is 3. The van der Waals surface area contributed by atoms with E-state index in [9.17, 15) is 13.6 Å². The molecule has 0 aromatic heterocycles. The zero-order valence-electron chi connectivity index (χ0n) is 12.5. The number of hydrogen-bond acceptors (Lipinski definition) is 4. The predicted molar refractivity (Wildman–Crippen MR) is 77.5 cm³/mol. The van der Waals surface area contributed by atoms with Crippen molar-refractivity contribution in [3.8, 4) is 6.07 Å². The summed E-state index contributed by atoms with van der Waals surface area (Å²) in [7, 11) is 1.58. The van der Waals surface area contributed by atoms with Crippen LogP contribution in [-0.2, 0) is 4.79 Å². The molecule has 0 aliphatic carbocycles. The monoisotopic (exact) mass is 308 g/mol. The molecule has 2 unspecified atom stereocenters. The largest absolute Gasteiger partial charge is 0.325 e. The number of likely N-dealkylation sites (N-methyl/N-ethyl adjacent to an activating group) is 1. The maximum Gasteiger partial charge on any atom is 0.239 e. The Kier molecular flexibility index (Phi) is 4.93. The van der Waals surface area contributed by atoms with E-state index >= 15 is 0 Å². The zero-order valence-corrected chi connectivity index (χ0v) is 12.5. The number of anilines is 1. The standard InChI is InChI=1S/C15H18F2N4O/c1-10-5-12(7-18)21(8-10)15(22)9-20(2)19-14-4-3-11(16)6-13(14)17/h3-4,6,10,12,19H,5,8-9H2,1-2H3. The molecule has 0 saturated carbocycles. The van der Waals surface area contributed by atoms with Gasteiger partial charge in [-0.2, -0.15) is 5.26 Å². The van der Waals surface area contributed by atoms with Crippen molar-refractivity contribution in [1.29, 1.82) is 5.26 Å². The Bertz CT molecular complexity index is 602. The summed E-state index contributed by atoms with van der Waals surface area (Å²) >= 11 is 0. The minimum absolute atomic E-state index is 0.0122. The van der Waals surface area contributed by atoms with Gasteiger partial charge in [0, 0.05) is 19.7 Å². The number of amides is 1. The second-order valence-electron chi connectivity index (χ2n) is 5.62. The van der Waals surface area contributed by atoms with Gasteiger partial charge in [-0.25, -0.2) is 13.8 Å². The fraction of sp³-hybridized carbons (Fsp3) is 0.467. The normalized spacial score (nSPS) is 21.0. The molecule has 0 spiro atoms. The summed E-state index contributed by atoms with van der Waals surface area (Å²) in [6, 6.07) is 4.89. The lowest BCUT2D eigenvalue weighted by Gasteiger charge is -2.24. The summed E-state index contributed by atoms with van der Waals surface area (Å²) < 4.78 is 26.4. The number of halogens is 2. The lowest BCUT2D eigenvalue weighted by Crippen LogP contribution is -2.43. The third-order valence-corrected chi connectivity index (χ3v) is 3.59. The van der Waals surface area contributed by atoms with Crippen molar-refractivity contribution in [1.82, 2.24) is 9.91 Å². The highest BCUT2D eigenvalue weighted by Crippen LogP contribution is 2.22. The number of carbonyl (C=O) groups excluding carboxylic acids is 1. The van der Waals surface area contributed by atoms with E-state index in [-0.39, 0.29) is 18.1 Å². The summed E-state index contributed by atoms with van der Waals surface area (Å²) in [6.45, 7) is 2.53. The first-order chi connectivity index (χ1) is 10.4. The van der Waals surface area contributed by atoms with Crippen LogP contribution in [0.1, 0.15) is 13.3 Å². The molecule has 22 heavy (non-hydrogen) atoms. The molecular weight excluding hydrogens is 290 g/mol. The van der Waals surface area contributed by atoms with Crippen molar-refractivity contribution >= 4 is 11.6 Å². The minimum atomic E-state index is -0.732. The second kappa shape index (κ2) is 6.71. The van der Waals surface area contributed by atoms with Crippen LogP contribution >= 0.6 is 0 Å². The average Bonchev–Trinajstić information content (AvgIpc) is 2.83. The Labute approximate surface area is 128 Å². The van der Waals surface area contributed by atoms with Crippen molar-refractivity contribution in [2.24, 2.45) is 5.92 Å². The number of nitriles is 1. The highest BCUT2D eigenvalue weighted by Gasteiger charge is 2.33. The van der Waals surface area contributed by atoms with Gasteiger partial charge < -0.3 is 10.3 Å². The molecule has 1 aliphatic heterocycles. The summed E-state index contributed by atoms with van der Waals surface area (Å²) in [5.41, 5.74) is 2.78. The van der Waals surface area contributed by atoms with E-state index in [0.29, 0.717) is 18.9 Å². The molecule has 1 aromatic carbocycles. The van der Waals surface area contributed by atoms with Crippen molar-refractivity contribution in [3.05, 3.63) is 29.8 Å². The van der Waals surface area contributed by atoms with Gasteiger partial charge in [-0.05, 0) is 24.5 Å². The van der Waals surface area contributed by atoms with Crippen LogP contribution < -0.4 is 5.43 Å². The fourth-order valence-corrected chi connectivity index (χ4v) is 2.56. The van der Waals surface area contributed by atoms with E-state index in [1.165, 1.54) is 11.1 Å². The van der Waals surface area contributed by atoms with E-state index in [4.69, 9.17) is 5.26 Å². The Hall–Kier alpha value is -2.20. The lowest BCUT2D eigenvalue weighted by atomic mass is 10.1. The summed E-state index contributed by atoms with van der Waals surface area (Å²) in [4.78, 5) is 13.8. The van der Waals surface area contributed by atoms with Crippen LogP contribution in [0.3, 0.4) is 0 Å². The first-order valence-electron chi connectivity index (χ1n) is 7.02. The molecule has 2 atom stereocenters. The molecule has 1 amide bonds. The first kappa shape index (κ1) is 16.2. The smallest absolute Gasteiger partial charge is 0.239 e. The molecule has 5 nitrogen and oxygen atoms in total. The van der Waals surface area contributed by atoms with Gasteiger partial charge in [-0.15, -0.1) is 0 Å². The van der Waals surface area contributed by atoms with E-state index in [0.717, 1.165) is 12.1 Å². The molecule has 1 aromatic rings. The minimum Gasteiger partial charge on any atom is -0.325 e. The third kappa shape index (κ3) is 3.71. The maximum atomic E-state index is 13.5. The van der Waals surface area contributed by atoms with E-state index in [1.54, 1.807) is 11.9 Å². The molecule has 1 heterocycles. The highest BCUT2D eigenvalue weighted by atomic mass is 19.1. The SMILES string of the molecule is CC1CC(C#N)N(C(=O)CN(C)Nc2ccc(F)cc2F)C1. The molecule has 1 saturated heterocycles. The predicted octanol–water partition coefficient (Wildman–Crippen LogP) is 1.98. The Morgan fingerprint density at radius 2 is 2.27 bits per heavy atom. The van der Waals surface area contributed by atoms with Crippen LogP contribution in [0.2, 0.25) is 0 Å². The fourth-order valence-electron chi connectivity index (χ4n) is 2.56. The van der Waals surface area contributed by atoms with Gasteiger partial charge in [-0.3, -0.25) is 4.79 Å².